The van der Waals surface area contributed by atoms with Gasteiger partial charge in [0.25, 0.3) is 0 Å². The zero-order valence-corrected chi connectivity index (χ0v) is 17.0. The molecule has 2 atom stereocenters. The maximum Gasteiger partial charge on any atom is 0.225 e. The number of hydrogen-bond donors (Lipinski definition) is 0. The van der Waals surface area contributed by atoms with Crippen molar-refractivity contribution in [3.63, 3.8) is 0 Å². The topological polar surface area (TPSA) is 56.1 Å². The van der Waals surface area contributed by atoms with Gasteiger partial charge < -0.3 is 9.64 Å². The molecule has 1 fully saturated rings. The van der Waals surface area contributed by atoms with Crippen LogP contribution in [-0.2, 0) is 0 Å². The number of aromatic nitrogens is 4. The van der Waals surface area contributed by atoms with Crippen molar-refractivity contribution >= 4 is 5.95 Å². The summed E-state index contributed by atoms with van der Waals surface area (Å²) in [5, 5.41) is 4.68. The summed E-state index contributed by atoms with van der Waals surface area (Å²) < 4.78 is 7.12. The summed E-state index contributed by atoms with van der Waals surface area (Å²) >= 11 is 0. The highest BCUT2D eigenvalue weighted by atomic mass is 16.5. The van der Waals surface area contributed by atoms with E-state index in [0.29, 0.717) is 11.8 Å². The number of aryl methyl sites for hydroxylation is 1. The molecule has 146 valence electrons. The third-order valence-electron chi connectivity index (χ3n) is 5.31. The lowest BCUT2D eigenvalue weighted by atomic mass is 9.92. The predicted octanol–water partition coefficient (Wildman–Crippen LogP) is 4.13. The predicted molar refractivity (Wildman–Crippen MR) is 111 cm³/mol. The van der Waals surface area contributed by atoms with Crippen LogP contribution in [0.15, 0.2) is 42.7 Å². The second-order valence-electron chi connectivity index (χ2n) is 7.86. The van der Waals surface area contributed by atoms with Crippen LogP contribution >= 0.6 is 0 Å². The first kappa shape index (κ1) is 18.5. The molecule has 1 saturated heterocycles. The van der Waals surface area contributed by atoms with Crippen molar-refractivity contribution < 1.29 is 4.74 Å². The number of nitrogens with zero attached hydrogens (tertiary/aromatic N) is 5. The normalized spacial score (nSPS) is 19.6. The molecular weight excluding hydrogens is 350 g/mol. The molecule has 2 unspecified atom stereocenters. The van der Waals surface area contributed by atoms with E-state index < -0.39 is 0 Å². The highest BCUT2D eigenvalue weighted by molar-refractivity contribution is 5.62. The Bertz CT molecular complexity index is 940. The molecular formula is C22H27N5O. The highest BCUT2D eigenvalue weighted by Crippen LogP contribution is 2.27. The molecule has 0 N–H and O–H groups in total. The van der Waals surface area contributed by atoms with Crippen LogP contribution in [-0.4, -0.2) is 39.9 Å². The third kappa shape index (κ3) is 3.72. The van der Waals surface area contributed by atoms with Gasteiger partial charge in [0.2, 0.25) is 5.95 Å². The number of methoxy groups -OCH3 is 1. The fraction of sp³-hybridized carbons (Fsp3) is 0.409. The largest absolute Gasteiger partial charge is 0.497 e. The number of piperidine rings is 1. The number of hydrogen-bond acceptors (Lipinski definition) is 5. The summed E-state index contributed by atoms with van der Waals surface area (Å²) in [6.07, 6.45) is 5.15. The minimum Gasteiger partial charge on any atom is -0.497 e. The van der Waals surface area contributed by atoms with E-state index >= 15 is 0 Å². The Morgan fingerprint density at radius 1 is 1.04 bits per heavy atom. The summed E-state index contributed by atoms with van der Waals surface area (Å²) in [5.41, 5.74) is 3.87. The first-order chi connectivity index (χ1) is 13.5. The second kappa shape index (κ2) is 7.62. The van der Waals surface area contributed by atoms with Crippen LogP contribution in [0.1, 0.15) is 26.0 Å². The van der Waals surface area contributed by atoms with Crippen LogP contribution in [0.3, 0.4) is 0 Å². The molecule has 0 bridgehead atoms. The second-order valence-corrected chi connectivity index (χ2v) is 7.86. The quantitative estimate of drug-likeness (QED) is 0.684. The molecule has 0 amide bonds. The van der Waals surface area contributed by atoms with Crippen molar-refractivity contribution in [1.29, 1.82) is 0 Å². The van der Waals surface area contributed by atoms with Crippen LogP contribution in [0, 0.1) is 18.8 Å². The van der Waals surface area contributed by atoms with Crippen molar-refractivity contribution in [3.05, 3.63) is 48.4 Å². The van der Waals surface area contributed by atoms with Gasteiger partial charge in [0, 0.05) is 31.0 Å². The number of rotatable bonds is 4. The Morgan fingerprint density at radius 2 is 1.75 bits per heavy atom. The van der Waals surface area contributed by atoms with Gasteiger partial charge in [-0.25, -0.2) is 14.6 Å². The fourth-order valence-electron chi connectivity index (χ4n) is 4.06. The maximum atomic E-state index is 5.24. The molecule has 3 heterocycles. The molecule has 2 aromatic heterocycles. The molecule has 0 spiro atoms. The first-order valence-corrected chi connectivity index (χ1v) is 9.82. The van der Waals surface area contributed by atoms with Crippen LogP contribution in [0.2, 0.25) is 0 Å². The van der Waals surface area contributed by atoms with Gasteiger partial charge in [0.1, 0.15) is 5.75 Å². The van der Waals surface area contributed by atoms with Crippen molar-refractivity contribution in [2.24, 2.45) is 11.8 Å². The van der Waals surface area contributed by atoms with Crippen molar-refractivity contribution in [2.45, 2.75) is 27.2 Å². The van der Waals surface area contributed by atoms with Gasteiger partial charge in [-0.05, 0) is 55.5 Å². The lowest BCUT2D eigenvalue weighted by Crippen LogP contribution is -2.39. The Hall–Kier alpha value is -2.89. The molecule has 4 rings (SSSR count). The summed E-state index contributed by atoms with van der Waals surface area (Å²) in [6.45, 7) is 8.64. The Balaban J connectivity index is 1.63. The van der Waals surface area contributed by atoms with Crippen LogP contribution < -0.4 is 9.64 Å². The van der Waals surface area contributed by atoms with Crippen molar-refractivity contribution in [3.8, 4) is 22.7 Å². The van der Waals surface area contributed by atoms with E-state index in [2.05, 4.69) is 28.8 Å². The van der Waals surface area contributed by atoms with Gasteiger partial charge in [0.15, 0.2) is 0 Å². The van der Waals surface area contributed by atoms with Gasteiger partial charge in [-0.3, -0.25) is 0 Å². The smallest absolute Gasteiger partial charge is 0.225 e. The molecule has 0 saturated carbocycles. The van der Waals surface area contributed by atoms with Crippen LogP contribution in [0.25, 0.3) is 16.9 Å². The van der Waals surface area contributed by atoms with E-state index in [4.69, 9.17) is 9.72 Å². The van der Waals surface area contributed by atoms with E-state index in [9.17, 15) is 0 Å². The molecule has 1 aliphatic heterocycles. The van der Waals surface area contributed by atoms with E-state index in [0.717, 1.165) is 47.4 Å². The molecule has 3 aromatic rings. The third-order valence-corrected chi connectivity index (χ3v) is 5.31. The Labute approximate surface area is 166 Å². The summed E-state index contributed by atoms with van der Waals surface area (Å²) in [5.74, 6) is 2.97. The zero-order chi connectivity index (χ0) is 19.7. The molecule has 28 heavy (non-hydrogen) atoms. The van der Waals surface area contributed by atoms with Gasteiger partial charge in [-0.1, -0.05) is 13.8 Å². The van der Waals surface area contributed by atoms with E-state index in [1.54, 1.807) is 7.11 Å². The van der Waals surface area contributed by atoms with Gasteiger partial charge in [-0.15, -0.1) is 0 Å². The lowest BCUT2D eigenvalue weighted by Gasteiger charge is -2.35. The van der Waals surface area contributed by atoms with Crippen molar-refractivity contribution in [2.75, 3.05) is 25.1 Å². The Morgan fingerprint density at radius 3 is 2.43 bits per heavy atom. The SMILES string of the molecule is COc1ccc(-n2cc(-c3ccnc(N4CC(C)CC(C)C4)n3)c(C)n2)cc1. The molecule has 6 nitrogen and oxygen atoms in total. The first-order valence-electron chi connectivity index (χ1n) is 9.82. The van der Waals surface area contributed by atoms with Gasteiger partial charge in [0.05, 0.1) is 24.2 Å². The molecule has 1 aliphatic rings. The highest BCUT2D eigenvalue weighted by Gasteiger charge is 2.24. The van der Waals surface area contributed by atoms with E-state index in [1.165, 1.54) is 6.42 Å². The molecule has 1 aromatic carbocycles. The molecule has 6 heteroatoms. The monoisotopic (exact) mass is 377 g/mol. The van der Waals surface area contributed by atoms with Crippen LogP contribution in [0.4, 0.5) is 5.95 Å². The average molecular weight is 377 g/mol. The fourth-order valence-corrected chi connectivity index (χ4v) is 4.06. The average Bonchev–Trinajstić information content (AvgIpc) is 3.09. The number of benzene rings is 1. The lowest BCUT2D eigenvalue weighted by molar-refractivity contribution is 0.353. The number of anilines is 1. The van der Waals surface area contributed by atoms with Crippen molar-refractivity contribution in [1.82, 2.24) is 19.7 Å². The van der Waals surface area contributed by atoms with Gasteiger partial charge >= 0.3 is 0 Å². The zero-order valence-electron chi connectivity index (χ0n) is 17.0. The Kier molecular flexibility index (Phi) is 5.03. The standard InChI is InChI=1S/C22H27N5O/c1-15-11-16(2)13-26(12-15)22-23-10-9-21(24-22)20-14-27(25-17(20)3)18-5-7-19(28-4)8-6-18/h5-10,14-16H,11-13H2,1-4H3. The minimum absolute atomic E-state index is 0.663. The molecule has 0 aliphatic carbocycles. The van der Waals surface area contributed by atoms with Gasteiger partial charge in [-0.2, -0.15) is 5.10 Å². The summed E-state index contributed by atoms with van der Waals surface area (Å²) in [4.78, 5) is 11.7. The van der Waals surface area contributed by atoms with E-state index in [1.807, 2.05) is 54.3 Å². The van der Waals surface area contributed by atoms with E-state index in [-0.39, 0.29) is 0 Å². The molecule has 0 radical (unpaired) electrons. The summed E-state index contributed by atoms with van der Waals surface area (Å²) in [7, 11) is 1.67. The minimum atomic E-state index is 0.663. The van der Waals surface area contributed by atoms with Crippen LogP contribution in [0.5, 0.6) is 5.75 Å². The number of ether oxygens (including phenoxy) is 1. The summed E-state index contributed by atoms with van der Waals surface area (Å²) in [6, 6.07) is 9.83. The maximum absolute atomic E-state index is 5.24.